The van der Waals surface area contributed by atoms with Crippen LogP contribution in [-0.4, -0.2) is 30.1 Å². The number of rotatable bonds is 4. The molecular weight excluding hydrogens is 314 g/mol. The molecule has 0 spiro atoms. The van der Waals surface area contributed by atoms with Crippen LogP contribution in [-0.2, 0) is 9.53 Å². The number of aromatic hydroxyl groups is 1. The lowest BCUT2D eigenvalue weighted by Crippen LogP contribution is -2.12. The normalized spacial score (nSPS) is 9.92. The summed E-state index contributed by atoms with van der Waals surface area (Å²) in [5.74, 6) is -1.45. The van der Waals surface area contributed by atoms with Crippen LogP contribution >= 0.6 is 0 Å². The van der Waals surface area contributed by atoms with Gasteiger partial charge in [-0.2, -0.15) is 0 Å². The van der Waals surface area contributed by atoms with Crippen molar-refractivity contribution in [3.63, 3.8) is 0 Å². The molecule has 0 saturated carbocycles. The van der Waals surface area contributed by atoms with Crippen molar-refractivity contribution >= 4 is 23.5 Å². The molecule has 2 rings (SSSR count). The van der Waals surface area contributed by atoms with E-state index in [1.165, 1.54) is 56.5 Å². The molecule has 0 radical (unpaired) electrons. The number of nitrogens with one attached hydrogen (secondary N) is 1. The van der Waals surface area contributed by atoms with Crippen LogP contribution in [0.15, 0.2) is 42.5 Å². The number of hydrogen-bond acceptors (Lipinski definition) is 6. The van der Waals surface area contributed by atoms with Crippen molar-refractivity contribution in [1.82, 2.24) is 0 Å². The fourth-order valence-electron chi connectivity index (χ4n) is 1.92. The third-order valence-electron chi connectivity index (χ3n) is 3.05. The summed E-state index contributed by atoms with van der Waals surface area (Å²) in [6.45, 7) is 1.28. The lowest BCUT2D eigenvalue weighted by molar-refractivity contribution is -0.131. The van der Waals surface area contributed by atoms with Crippen LogP contribution < -0.4 is 10.1 Å². The fourth-order valence-corrected chi connectivity index (χ4v) is 1.92. The summed E-state index contributed by atoms with van der Waals surface area (Å²) >= 11 is 0. The molecule has 0 aromatic heterocycles. The number of benzene rings is 2. The van der Waals surface area contributed by atoms with Crippen molar-refractivity contribution in [1.29, 1.82) is 0 Å². The number of ether oxygens (including phenoxy) is 2. The van der Waals surface area contributed by atoms with E-state index in [9.17, 15) is 19.5 Å². The van der Waals surface area contributed by atoms with Crippen molar-refractivity contribution in [3.8, 4) is 11.5 Å². The summed E-state index contributed by atoms with van der Waals surface area (Å²) in [5.41, 5.74) is 0.623. The maximum absolute atomic E-state index is 12.2. The Bertz CT molecular complexity index is 782. The third-order valence-corrected chi connectivity index (χ3v) is 3.05. The number of methoxy groups -OCH3 is 1. The number of amides is 1. The summed E-state index contributed by atoms with van der Waals surface area (Å²) in [6.07, 6.45) is 0. The molecule has 0 aliphatic heterocycles. The van der Waals surface area contributed by atoms with Gasteiger partial charge in [-0.3, -0.25) is 9.59 Å². The zero-order valence-electron chi connectivity index (χ0n) is 13.0. The molecule has 7 nitrogen and oxygen atoms in total. The summed E-state index contributed by atoms with van der Waals surface area (Å²) < 4.78 is 9.43. The van der Waals surface area contributed by atoms with E-state index < -0.39 is 17.8 Å². The van der Waals surface area contributed by atoms with Gasteiger partial charge in [0.25, 0.3) is 5.91 Å². The predicted octanol–water partition coefficient (Wildman–Crippen LogP) is 2.36. The number of carbonyl (C=O) groups is 3. The van der Waals surface area contributed by atoms with Gasteiger partial charge in [-0.1, -0.05) is 0 Å². The van der Waals surface area contributed by atoms with Gasteiger partial charge < -0.3 is 19.9 Å². The molecule has 0 bridgehead atoms. The molecule has 24 heavy (non-hydrogen) atoms. The zero-order valence-corrected chi connectivity index (χ0v) is 13.0. The Hall–Kier alpha value is -3.35. The van der Waals surface area contributed by atoms with Gasteiger partial charge in [0.05, 0.1) is 18.4 Å². The molecule has 2 aromatic carbocycles. The average molecular weight is 329 g/mol. The predicted molar refractivity (Wildman–Crippen MR) is 85.2 cm³/mol. The second-order valence-electron chi connectivity index (χ2n) is 4.80. The first-order valence-electron chi connectivity index (χ1n) is 6.92. The molecular formula is C17H15NO6. The van der Waals surface area contributed by atoms with Crippen LogP contribution in [0.5, 0.6) is 11.5 Å². The Morgan fingerprint density at radius 2 is 1.62 bits per heavy atom. The van der Waals surface area contributed by atoms with Crippen LogP contribution in [0.1, 0.15) is 27.6 Å². The number of phenols is 1. The summed E-state index contributed by atoms with van der Waals surface area (Å²) in [7, 11) is 1.23. The molecule has 2 N–H and O–H groups in total. The monoisotopic (exact) mass is 329 g/mol. The van der Waals surface area contributed by atoms with Crippen LogP contribution in [0.25, 0.3) is 0 Å². The second kappa shape index (κ2) is 7.28. The van der Waals surface area contributed by atoms with Crippen LogP contribution in [0.3, 0.4) is 0 Å². The SMILES string of the molecule is COC(=O)c1ccc(NC(=O)c2ccc(OC(C)=O)cc2)c(O)c1. The smallest absolute Gasteiger partial charge is 0.337 e. The average Bonchev–Trinajstić information content (AvgIpc) is 2.56. The van der Waals surface area contributed by atoms with E-state index in [0.717, 1.165) is 0 Å². The van der Waals surface area contributed by atoms with E-state index in [4.69, 9.17) is 4.74 Å². The van der Waals surface area contributed by atoms with Crippen molar-refractivity contribution in [2.45, 2.75) is 6.92 Å². The van der Waals surface area contributed by atoms with Gasteiger partial charge in [0.2, 0.25) is 0 Å². The van der Waals surface area contributed by atoms with Gasteiger partial charge in [0.15, 0.2) is 0 Å². The van der Waals surface area contributed by atoms with Crippen LogP contribution in [0.4, 0.5) is 5.69 Å². The first-order valence-corrected chi connectivity index (χ1v) is 6.92. The minimum atomic E-state index is -0.593. The van der Waals surface area contributed by atoms with Crippen molar-refractivity contribution in [2.24, 2.45) is 0 Å². The van der Waals surface area contributed by atoms with E-state index in [-0.39, 0.29) is 17.0 Å². The number of carbonyl (C=O) groups excluding carboxylic acids is 3. The summed E-state index contributed by atoms with van der Waals surface area (Å²) in [6, 6.07) is 9.94. The lowest BCUT2D eigenvalue weighted by atomic mass is 10.1. The maximum atomic E-state index is 12.2. The Kier molecular flexibility index (Phi) is 5.16. The Morgan fingerprint density at radius 1 is 1.00 bits per heavy atom. The molecule has 0 atom stereocenters. The summed E-state index contributed by atoms with van der Waals surface area (Å²) in [5, 5.41) is 12.4. The molecule has 0 saturated heterocycles. The maximum Gasteiger partial charge on any atom is 0.337 e. The topological polar surface area (TPSA) is 102 Å². The molecule has 0 aliphatic carbocycles. The van der Waals surface area contributed by atoms with Gasteiger partial charge in [-0.05, 0) is 42.5 Å². The van der Waals surface area contributed by atoms with E-state index in [2.05, 4.69) is 10.1 Å². The second-order valence-corrected chi connectivity index (χ2v) is 4.80. The number of esters is 2. The van der Waals surface area contributed by atoms with Gasteiger partial charge in [0.1, 0.15) is 11.5 Å². The van der Waals surface area contributed by atoms with Gasteiger partial charge >= 0.3 is 11.9 Å². The highest BCUT2D eigenvalue weighted by molar-refractivity contribution is 6.05. The first-order chi connectivity index (χ1) is 11.4. The van der Waals surface area contributed by atoms with E-state index in [0.29, 0.717) is 11.3 Å². The quantitative estimate of drug-likeness (QED) is 0.507. The zero-order chi connectivity index (χ0) is 17.7. The Labute approximate surface area is 137 Å². The fraction of sp³-hybridized carbons (Fsp3) is 0.118. The highest BCUT2D eigenvalue weighted by Crippen LogP contribution is 2.25. The Balaban J connectivity index is 2.11. The molecule has 124 valence electrons. The van der Waals surface area contributed by atoms with Crippen molar-refractivity contribution in [3.05, 3.63) is 53.6 Å². The van der Waals surface area contributed by atoms with E-state index in [1.54, 1.807) is 0 Å². The highest BCUT2D eigenvalue weighted by atomic mass is 16.5. The van der Waals surface area contributed by atoms with Crippen molar-refractivity contribution in [2.75, 3.05) is 12.4 Å². The standard InChI is InChI=1S/C17H15NO6/c1-10(19)24-13-6-3-11(4-7-13)16(21)18-14-8-5-12(9-15(14)20)17(22)23-2/h3-9,20H,1-2H3,(H,18,21). The third kappa shape index (κ3) is 4.10. The first kappa shape index (κ1) is 17.0. The molecule has 0 aliphatic rings. The van der Waals surface area contributed by atoms with E-state index in [1.807, 2.05) is 0 Å². The van der Waals surface area contributed by atoms with Crippen LogP contribution in [0, 0.1) is 0 Å². The molecule has 0 heterocycles. The molecule has 1 amide bonds. The molecule has 2 aromatic rings. The van der Waals surface area contributed by atoms with Gasteiger partial charge in [0, 0.05) is 12.5 Å². The van der Waals surface area contributed by atoms with Crippen LogP contribution in [0.2, 0.25) is 0 Å². The minimum Gasteiger partial charge on any atom is -0.506 e. The minimum absolute atomic E-state index is 0.150. The number of anilines is 1. The number of phenolic OH excluding ortho intramolecular Hbond substituents is 1. The lowest BCUT2D eigenvalue weighted by Gasteiger charge is -2.09. The van der Waals surface area contributed by atoms with Gasteiger partial charge in [-0.25, -0.2) is 4.79 Å². The van der Waals surface area contributed by atoms with Gasteiger partial charge in [-0.15, -0.1) is 0 Å². The molecule has 7 heteroatoms. The summed E-state index contributed by atoms with van der Waals surface area (Å²) in [4.78, 5) is 34.4. The Morgan fingerprint density at radius 3 is 2.17 bits per heavy atom. The van der Waals surface area contributed by atoms with E-state index >= 15 is 0 Å². The molecule has 0 fully saturated rings. The highest BCUT2D eigenvalue weighted by Gasteiger charge is 2.12. The largest absolute Gasteiger partial charge is 0.506 e. The number of hydrogen-bond donors (Lipinski definition) is 2. The van der Waals surface area contributed by atoms with Crippen molar-refractivity contribution < 1.29 is 29.0 Å². The molecule has 0 unspecified atom stereocenters.